The van der Waals surface area contributed by atoms with Crippen LogP contribution in [0.3, 0.4) is 0 Å². The predicted molar refractivity (Wildman–Crippen MR) is 93.1 cm³/mol. The number of aromatic nitrogens is 3. The molecule has 7 nitrogen and oxygen atoms in total. The van der Waals surface area contributed by atoms with Crippen molar-refractivity contribution in [2.24, 2.45) is 23.5 Å². The van der Waals surface area contributed by atoms with E-state index >= 15 is 0 Å². The SMILES string of the molecule is CC(C)C(NC(=O)[C@@H]1CCC[C@@H]1CN)c1nc(-c2cccnc2)no1. The van der Waals surface area contributed by atoms with E-state index in [1.807, 2.05) is 26.0 Å². The summed E-state index contributed by atoms with van der Waals surface area (Å²) >= 11 is 0. The highest BCUT2D eigenvalue weighted by atomic mass is 16.5. The summed E-state index contributed by atoms with van der Waals surface area (Å²) in [4.78, 5) is 21.2. The number of carbonyl (C=O) groups is 1. The van der Waals surface area contributed by atoms with Crippen LogP contribution in [0, 0.1) is 17.8 Å². The van der Waals surface area contributed by atoms with Gasteiger partial charge >= 0.3 is 0 Å². The Bertz CT molecular complexity index is 701. The lowest BCUT2D eigenvalue weighted by molar-refractivity contribution is -0.127. The highest BCUT2D eigenvalue weighted by molar-refractivity contribution is 5.79. The maximum absolute atomic E-state index is 12.7. The summed E-state index contributed by atoms with van der Waals surface area (Å²) in [6, 6.07) is 3.37. The van der Waals surface area contributed by atoms with E-state index < -0.39 is 0 Å². The third-order valence-corrected chi connectivity index (χ3v) is 4.89. The number of nitrogens with two attached hydrogens (primary N) is 1. The first kappa shape index (κ1) is 17.5. The van der Waals surface area contributed by atoms with Crippen LogP contribution in [0.4, 0.5) is 0 Å². The lowest BCUT2D eigenvalue weighted by Crippen LogP contribution is -2.39. The molecule has 0 spiro atoms. The Morgan fingerprint density at radius 2 is 2.28 bits per heavy atom. The van der Waals surface area contributed by atoms with Crippen LogP contribution in [0.5, 0.6) is 0 Å². The highest BCUT2D eigenvalue weighted by Gasteiger charge is 2.34. The monoisotopic (exact) mass is 343 g/mol. The quantitative estimate of drug-likeness (QED) is 0.833. The number of carbonyl (C=O) groups excluding carboxylic acids is 1. The van der Waals surface area contributed by atoms with E-state index in [1.54, 1.807) is 12.4 Å². The van der Waals surface area contributed by atoms with Crippen molar-refractivity contribution >= 4 is 5.91 Å². The van der Waals surface area contributed by atoms with Gasteiger partial charge in [-0.3, -0.25) is 9.78 Å². The van der Waals surface area contributed by atoms with Gasteiger partial charge in [0.05, 0.1) is 0 Å². The van der Waals surface area contributed by atoms with Gasteiger partial charge in [0.25, 0.3) is 0 Å². The van der Waals surface area contributed by atoms with Gasteiger partial charge in [-0.25, -0.2) is 0 Å². The maximum atomic E-state index is 12.7. The lowest BCUT2D eigenvalue weighted by atomic mass is 9.94. The average Bonchev–Trinajstić information content (AvgIpc) is 3.29. The normalized spacial score (nSPS) is 21.4. The van der Waals surface area contributed by atoms with Crippen LogP contribution in [0.1, 0.15) is 45.0 Å². The fraction of sp³-hybridized carbons (Fsp3) is 0.556. The lowest BCUT2D eigenvalue weighted by Gasteiger charge is -2.23. The van der Waals surface area contributed by atoms with E-state index in [4.69, 9.17) is 10.3 Å². The summed E-state index contributed by atoms with van der Waals surface area (Å²) in [5.74, 6) is 1.30. The first-order valence-corrected chi connectivity index (χ1v) is 8.84. The van der Waals surface area contributed by atoms with E-state index in [9.17, 15) is 4.79 Å². The summed E-state index contributed by atoms with van der Waals surface area (Å²) in [6.07, 6.45) is 6.34. The second-order valence-electron chi connectivity index (χ2n) is 6.96. The van der Waals surface area contributed by atoms with Gasteiger partial charge < -0.3 is 15.6 Å². The minimum atomic E-state index is -0.315. The molecule has 0 saturated heterocycles. The highest BCUT2D eigenvalue weighted by Crippen LogP contribution is 2.32. The standard InChI is InChI=1S/C18H25N5O2/c1-11(2)15(21-17(24)14-7-3-5-12(14)9-19)18-22-16(23-25-18)13-6-4-8-20-10-13/h4,6,8,10-12,14-15H,3,5,7,9,19H2,1-2H3,(H,21,24)/t12-,14-,15?/m1/s1. The Balaban J connectivity index is 1.75. The van der Waals surface area contributed by atoms with Crippen molar-refractivity contribution in [1.29, 1.82) is 0 Å². The fourth-order valence-electron chi connectivity index (χ4n) is 3.41. The van der Waals surface area contributed by atoms with E-state index in [-0.39, 0.29) is 29.7 Å². The molecule has 1 fully saturated rings. The van der Waals surface area contributed by atoms with Crippen LogP contribution in [-0.2, 0) is 4.79 Å². The number of hydrogen-bond donors (Lipinski definition) is 2. The van der Waals surface area contributed by atoms with Crippen LogP contribution >= 0.6 is 0 Å². The van der Waals surface area contributed by atoms with Gasteiger partial charge in [0.2, 0.25) is 17.6 Å². The number of amides is 1. The summed E-state index contributed by atoms with van der Waals surface area (Å²) in [5.41, 5.74) is 6.59. The maximum Gasteiger partial charge on any atom is 0.249 e. The largest absolute Gasteiger partial charge is 0.344 e. The van der Waals surface area contributed by atoms with Gasteiger partial charge in [-0.15, -0.1) is 0 Å². The molecule has 1 aliphatic rings. The number of nitrogens with one attached hydrogen (secondary N) is 1. The van der Waals surface area contributed by atoms with Crippen LogP contribution in [0.15, 0.2) is 29.0 Å². The number of hydrogen-bond acceptors (Lipinski definition) is 6. The molecule has 1 unspecified atom stereocenters. The summed E-state index contributed by atoms with van der Waals surface area (Å²) in [7, 11) is 0. The van der Waals surface area contributed by atoms with Gasteiger partial charge in [-0.1, -0.05) is 25.4 Å². The minimum Gasteiger partial charge on any atom is -0.344 e. The summed E-state index contributed by atoms with van der Waals surface area (Å²) in [6.45, 7) is 4.60. The Morgan fingerprint density at radius 3 is 2.96 bits per heavy atom. The van der Waals surface area contributed by atoms with Gasteiger partial charge in [-0.05, 0) is 43.4 Å². The first-order chi connectivity index (χ1) is 12.1. The Labute approximate surface area is 147 Å². The van der Waals surface area contributed by atoms with Gasteiger partial charge in [0.1, 0.15) is 6.04 Å². The van der Waals surface area contributed by atoms with Gasteiger partial charge in [0, 0.05) is 23.9 Å². The molecule has 7 heteroatoms. The van der Waals surface area contributed by atoms with E-state index in [0.29, 0.717) is 18.3 Å². The Kier molecular flexibility index (Phi) is 5.43. The second kappa shape index (κ2) is 7.74. The fourth-order valence-corrected chi connectivity index (χ4v) is 3.41. The van der Waals surface area contributed by atoms with Crippen LogP contribution in [0.2, 0.25) is 0 Å². The molecular formula is C18H25N5O2. The van der Waals surface area contributed by atoms with Crippen molar-refractivity contribution in [3.63, 3.8) is 0 Å². The van der Waals surface area contributed by atoms with Crippen molar-refractivity contribution < 1.29 is 9.32 Å². The molecule has 3 rings (SSSR count). The third-order valence-electron chi connectivity index (χ3n) is 4.89. The molecule has 2 heterocycles. The summed E-state index contributed by atoms with van der Waals surface area (Å²) < 4.78 is 5.43. The molecule has 3 N–H and O–H groups in total. The van der Waals surface area contributed by atoms with Crippen LogP contribution < -0.4 is 11.1 Å². The smallest absolute Gasteiger partial charge is 0.249 e. The minimum absolute atomic E-state index is 0.0213. The zero-order valence-electron chi connectivity index (χ0n) is 14.7. The van der Waals surface area contributed by atoms with Crippen molar-refractivity contribution in [3.05, 3.63) is 30.4 Å². The first-order valence-electron chi connectivity index (χ1n) is 8.84. The van der Waals surface area contributed by atoms with Crippen molar-refractivity contribution in [1.82, 2.24) is 20.4 Å². The molecular weight excluding hydrogens is 318 g/mol. The molecule has 1 aliphatic carbocycles. The molecule has 25 heavy (non-hydrogen) atoms. The topological polar surface area (TPSA) is 107 Å². The van der Waals surface area contributed by atoms with Crippen molar-refractivity contribution in [2.45, 2.75) is 39.2 Å². The number of pyridine rings is 1. The van der Waals surface area contributed by atoms with Crippen LogP contribution in [0.25, 0.3) is 11.4 Å². The zero-order valence-corrected chi connectivity index (χ0v) is 14.7. The van der Waals surface area contributed by atoms with Crippen molar-refractivity contribution in [3.8, 4) is 11.4 Å². The van der Waals surface area contributed by atoms with Gasteiger partial charge in [-0.2, -0.15) is 4.98 Å². The Morgan fingerprint density at radius 1 is 1.44 bits per heavy atom. The molecule has 0 bridgehead atoms. The molecule has 0 aromatic carbocycles. The molecule has 0 aliphatic heterocycles. The number of rotatable bonds is 6. The van der Waals surface area contributed by atoms with E-state index in [0.717, 1.165) is 24.8 Å². The average molecular weight is 343 g/mol. The van der Waals surface area contributed by atoms with E-state index in [2.05, 4.69) is 20.4 Å². The molecule has 2 aromatic heterocycles. The van der Waals surface area contributed by atoms with Gasteiger partial charge in [0.15, 0.2) is 0 Å². The molecule has 0 radical (unpaired) electrons. The molecule has 3 atom stereocenters. The second-order valence-corrected chi connectivity index (χ2v) is 6.96. The zero-order chi connectivity index (χ0) is 17.8. The molecule has 2 aromatic rings. The van der Waals surface area contributed by atoms with Crippen LogP contribution in [-0.4, -0.2) is 27.6 Å². The van der Waals surface area contributed by atoms with E-state index in [1.165, 1.54) is 0 Å². The predicted octanol–water partition coefficient (Wildman–Crippen LogP) is 2.32. The number of nitrogens with zero attached hydrogens (tertiary/aromatic N) is 3. The third kappa shape index (κ3) is 3.87. The molecule has 1 amide bonds. The summed E-state index contributed by atoms with van der Waals surface area (Å²) in [5, 5.41) is 7.13. The Hall–Kier alpha value is -2.28. The molecule has 134 valence electrons. The van der Waals surface area contributed by atoms with Crippen molar-refractivity contribution in [2.75, 3.05) is 6.54 Å². The molecule has 1 saturated carbocycles.